The Morgan fingerprint density at radius 3 is 2.17 bits per heavy atom. The quantitative estimate of drug-likeness (QED) is 0.289. The van der Waals surface area contributed by atoms with Crippen LogP contribution in [0.3, 0.4) is 0 Å². The maximum absolute atomic E-state index is 12.0. The minimum Gasteiger partial charge on any atom is -0.465 e. The van der Waals surface area contributed by atoms with Crippen molar-refractivity contribution in [1.29, 1.82) is 0 Å². The zero-order chi connectivity index (χ0) is 25.3. The van der Waals surface area contributed by atoms with Gasteiger partial charge in [0.25, 0.3) is 0 Å². The second kappa shape index (κ2) is 13.0. The lowest BCUT2D eigenvalue weighted by molar-refractivity contribution is 0.0972. The molecule has 3 aromatic rings. The summed E-state index contributed by atoms with van der Waals surface area (Å²) >= 11 is 12.2. The molecule has 1 aliphatic rings. The van der Waals surface area contributed by atoms with Crippen molar-refractivity contribution in [2.24, 2.45) is 0 Å². The fourth-order valence-corrected chi connectivity index (χ4v) is 5.28. The van der Waals surface area contributed by atoms with Gasteiger partial charge in [0.1, 0.15) is 0 Å². The van der Waals surface area contributed by atoms with Crippen LogP contribution in [0.1, 0.15) is 36.8 Å². The summed E-state index contributed by atoms with van der Waals surface area (Å²) < 4.78 is 0. The summed E-state index contributed by atoms with van der Waals surface area (Å²) in [7, 11) is 0. The second-order valence-electron chi connectivity index (χ2n) is 9.45. The van der Waals surface area contributed by atoms with Gasteiger partial charge in [-0.2, -0.15) is 0 Å². The number of halogens is 2. The van der Waals surface area contributed by atoms with Crippen molar-refractivity contribution < 1.29 is 9.90 Å². The Balaban J connectivity index is 1.37. The average Bonchev–Trinajstić information content (AvgIpc) is 2.87. The predicted octanol–water partition coefficient (Wildman–Crippen LogP) is 7.40. The molecule has 1 saturated heterocycles. The summed E-state index contributed by atoms with van der Waals surface area (Å²) in [6, 6.07) is 26.7. The third-order valence-corrected chi connectivity index (χ3v) is 7.50. The fraction of sp³-hybridized carbons (Fsp3) is 0.345. The summed E-state index contributed by atoms with van der Waals surface area (Å²) in [6.45, 7) is 3.16. The third kappa shape index (κ3) is 7.63. The zero-order valence-electron chi connectivity index (χ0n) is 20.3. The normalized spacial score (nSPS) is 17.8. The third-order valence-electron chi connectivity index (χ3n) is 6.76. The van der Waals surface area contributed by atoms with Crippen LogP contribution in [0.5, 0.6) is 0 Å². The van der Waals surface area contributed by atoms with Crippen LogP contribution in [-0.2, 0) is 13.1 Å². The molecule has 0 saturated carbocycles. The van der Waals surface area contributed by atoms with E-state index in [1.54, 1.807) is 11.0 Å². The molecule has 1 aliphatic heterocycles. The van der Waals surface area contributed by atoms with E-state index in [-0.39, 0.29) is 12.1 Å². The van der Waals surface area contributed by atoms with Crippen LogP contribution in [0, 0.1) is 0 Å². The Morgan fingerprint density at radius 2 is 1.58 bits per heavy atom. The molecule has 7 heteroatoms. The molecule has 5 nitrogen and oxygen atoms in total. The van der Waals surface area contributed by atoms with Gasteiger partial charge in [-0.25, -0.2) is 4.79 Å². The highest BCUT2D eigenvalue weighted by atomic mass is 35.5. The van der Waals surface area contributed by atoms with E-state index in [4.69, 9.17) is 23.2 Å². The minimum atomic E-state index is -0.835. The molecule has 3 aromatic carbocycles. The van der Waals surface area contributed by atoms with E-state index in [2.05, 4.69) is 58.7 Å². The average molecular weight is 527 g/mol. The smallest absolute Gasteiger partial charge is 0.407 e. The Morgan fingerprint density at radius 1 is 0.944 bits per heavy atom. The first kappa shape index (κ1) is 26.3. The number of anilines is 1. The van der Waals surface area contributed by atoms with E-state index in [0.29, 0.717) is 16.6 Å². The number of nitrogens with one attached hydrogen (secondary N) is 1. The van der Waals surface area contributed by atoms with E-state index in [1.165, 1.54) is 11.1 Å². The second-order valence-corrected chi connectivity index (χ2v) is 10.3. The monoisotopic (exact) mass is 525 g/mol. The molecule has 190 valence electrons. The molecule has 0 aromatic heterocycles. The number of nitrogens with zero attached hydrogens (tertiary/aromatic N) is 2. The van der Waals surface area contributed by atoms with Crippen LogP contribution in [0.2, 0.25) is 10.0 Å². The van der Waals surface area contributed by atoms with Crippen molar-refractivity contribution in [2.45, 2.75) is 50.9 Å². The number of piperidine rings is 1. The Kier molecular flexibility index (Phi) is 9.51. The lowest BCUT2D eigenvalue weighted by atomic mass is 9.93. The lowest BCUT2D eigenvalue weighted by Gasteiger charge is -2.39. The SMILES string of the molecule is O=C(O)N1CCC(Nc2ccc(Cl)c(Cl)c2)C[C@@H]1CCCN(Cc1ccccc1)Cc1ccccc1. The first-order chi connectivity index (χ1) is 17.5. The van der Waals surface area contributed by atoms with Gasteiger partial charge in [0.05, 0.1) is 10.0 Å². The van der Waals surface area contributed by atoms with Crippen molar-refractivity contribution >= 4 is 35.0 Å². The molecular formula is C29H33Cl2N3O2. The number of rotatable bonds is 10. The molecule has 2 N–H and O–H groups in total. The summed E-state index contributed by atoms with van der Waals surface area (Å²) in [5, 5.41) is 14.4. The van der Waals surface area contributed by atoms with Gasteiger partial charge in [-0.1, -0.05) is 83.9 Å². The number of amides is 1. The molecule has 36 heavy (non-hydrogen) atoms. The molecule has 4 rings (SSSR count). The van der Waals surface area contributed by atoms with E-state index >= 15 is 0 Å². The van der Waals surface area contributed by atoms with Crippen LogP contribution in [-0.4, -0.2) is 46.2 Å². The standard InChI is InChI=1S/C29H33Cl2N3O2/c30-27-14-13-24(19-28(27)31)32-25-15-17-34(29(35)36)26(18-25)12-7-16-33(20-22-8-3-1-4-9-22)21-23-10-5-2-6-11-23/h1-6,8-11,13-14,19,25-26,32H,7,12,15-18,20-21H2,(H,35,36)/t25?,26-/m0/s1. The van der Waals surface area contributed by atoms with E-state index in [0.717, 1.165) is 51.0 Å². The Hall–Kier alpha value is -2.73. The van der Waals surface area contributed by atoms with Gasteiger partial charge in [-0.15, -0.1) is 0 Å². The Bertz CT molecular complexity index is 1070. The molecule has 1 amide bonds. The molecular weight excluding hydrogens is 493 g/mol. The van der Waals surface area contributed by atoms with Crippen molar-refractivity contribution in [3.05, 3.63) is 100 Å². The largest absolute Gasteiger partial charge is 0.465 e. The highest BCUT2D eigenvalue weighted by molar-refractivity contribution is 6.42. The van der Waals surface area contributed by atoms with Crippen LogP contribution >= 0.6 is 23.2 Å². The zero-order valence-corrected chi connectivity index (χ0v) is 21.8. The van der Waals surface area contributed by atoms with Crippen molar-refractivity contribution in [2.75, 3.05) is 18.4 Å². The van der Waals surface area contributed by atoms with Crippen LogP contribution < -0.4 is 5.32 Å². The number of hydrogen-bond acceptors (Lipinski definition) is 3. The lowest BCUT2D eigenvalue weighted by Crippen LogP contribution is -2.49. The summed E-state index contributed by atoms with van der Waals surface area (Å²) in [4.78, 5) is 16.0. The van der Waals surface area contributed by atoms with Crippen molar-refractivity contribution in [3.8, 4) is 0 Å². The predicted molar refractivity (Wildman–Crippen MR) is 148 cm³/mol. The molecule has 0 spiro atoms. The molecule has 2 atom stereocenters. The topological polar surface area (TPSA) is 55.8 Å². The van der Waals surface area contributed by atoms with Gasteiger partial charge in [0.2, 0.25) is 0 Å². The number of carbonyl (C=O) groups is 1. The summed E-state index contributed by atoms with van der Waals surface area (Å²) in [5.74, 6) is 0. The van der Waals surface area contributed by atoms with Gasteiger partial charge in [-0.3, -0.25) is 4.90 Å². The number of benzene rings is 3. The molecule has 0 radical (unpaired) electrons. The summed E-state index contributed by atoms with van der Waals surface area (Å²) in [6.07, 6.45) is 2.44. The van der Waals surface area contributed by atoms with Crippen LogP contribution in [0.25, 0.3) is 0 Å². The molecule has 1 fully saturated rings. The van der Waals surface area contributed by atoms with E-state index in [9.17, 15) is 9.90 Å². The van der Waals surface area contributed by atoms with Crippen molar-refractivity contribution in [3.63, 3.8) is 0 Å². The van der Waals surface area contributed by atoms with Gasteiger partial charge in [0, 0.05) is 37.4 Å². The van der Waals surface area contributed by atoms with Gasteiger partial charge >= 0.3 is 6.09 Å². The van der Waals surface area contributed by atoms with Crippen LogP contribution in [0.4, 0.5) is 10.5 Å². The highest BCUT2D eigenvalue weighted by Gasteiger charge is 2.31. The van der Waals surface area contributed by atoms with E-state index < -0.39 is 6.09 Å². The minimum absolute atomic E-state index is 0.0215. The number of hydrogen-bond donors (Lipinski definition) is 2. The molecule has 0 bridgehead atoms. The first-order valence-electron chi connectivity index (χ1n) is 12.5. The maximum Gasteiger partial charge on any atom is 0.407 e. The highest BCUT2D eigenvalue weighted by Crippen LogP contribution is 2.28. The van der Waals surface area contributed by atoms with Gasteiger partial charge in [0.15, 0.2) is 0 Å². The first-order valence-corrected chi connectivity index (χ1v) is 13.2. The van der Waals surface area contributed by atoms with Gasteiger partial charge in [-0.05, 0) is 61.6 Å². The van der Waals surface area contributed by atoms with E-state index in [1.807, 2.05) is 24.3 Å². The van der Waals surface area contributed by atoms with Crippen molar-refractivity contribution in [1.82, 2.24) is 9.80 Å². The molecule has 1 heterocycles. The number of likely N-dealkylation sites (tertiary alicyclic amines) is 1. The number of carboxylic acid groups (broad SMARTS) is 1. The van der Waals surface area contributed by atoms with Crippen LogP contribution in [0.15, 0.2) is 78.9 Å². The molecule has 0 aliphatic carbocycles. The summed E-state index contributed by atoms with van der Waals surface area (Å²) in [5.41, 5.74) is 3.47. The fourth-order valence-electron chi connectivity index (χ4n) is 4.98. The van der Waals surface area contributed by atoms with Gasteiger partial charge < -0.3 is 15.3 Å². The maximum atomic E-state index is 12.0. The molecule has 1 unspecified atom stereocenters. The Labute approximate surface area is 223 Å².